The number of anilines is 1. The van der Waals surface area contributed by atoms with Gasteiger partial charge in [-0.15, -0.1) is 0 Å². The molecule has 0 radical (unpaired) electrons. The summed E-state index contributed by atoms with van der Waals surface area (Å²) in [4.78, 5) is 13.9. The van der Waals surface area contributed by atoms with E-state index >= 15 is 0 Å². The van der Waals surface area contributed by atoms with E-state index < -0.39 is 12.1 Å². The molecule has 21 heavy (non-hydrogen) atoms. The van der Waals surface area contributed by atoms with E-state index in [9.17, 15) is 18.0 Å². The lowest BCUT2D eigenvalue weighted by molar-refractivity contribution is -0.183. The SMILES string of the molecule is O=C(c1ccc2c(c1)NCC2)N1CCC(C(F)(F)F)CC1. The highest BCUT2D eigenvalue weighted by atomic mass is 19.4. The summed E-state index contributed by atoms with van der Waals surface area (Å²) < 4.78 is 37.9. The number of alkyl halides is 3. The van der Waals surface area contributed by atoms with Crippen LogP contribution >= 0.6 is 0 Å². The number of fused-ring (bicyclic) bond motifs is 1. The van der Waals surface area contributed by atoms with E-state index in [1.807, 2.05) is 6.07 Å². The maximum atomic E-state index is 12.6. The summed E-state index contributed by atoms with van der Waals surface area (Å²) in [5.74, 6) is -1.45. The van der Waals surface area contributed by atoms with Gasteiger partial charge in [0, 0.05) is 30.9 Å². The summed E-state index contributed by atoms with van der Waals surface area (Å²) in [6.45, 7) is 1.21. The molecule has 1 fully saturated rings. The molecule has 1 aromatic carbocycles. The zero-order valence-corrected chi connectivity index (χ0v) is 11.5. The Bertz CT molecular complexity index is 548. The van der Waals surface area contributed by atoms with E-state index in [1.165, 1.54) is 10.5 Å². The van der Waals surface area contributed by atoms with Gasteiger partial charge in [-0.3, -0.25) is 4.79 Å². The van der Waals surface area contributed by atoms with Crippen molar-refractivity contribution in [3.8, 4) is 0 Å². The minimum Gasteiger partial charge on any atom is -0.384 e. The number of piperidine rings is 1. The number of nitrogens with zero attached hydrogens (tertiary/aromatic N) is 1. The Morgan fingerprint density at radius 2 is 1.95 bits per heavy atom. The number of amides is 1. The monoisotopic (exact) mass is 298 g/mol. The van der Waals surface area contributed by atoms with E-state index in [0.29, 0.717) is 5.56 Å². The second-order valence-corrected chi connectivity index (χ2v) is 5.66. The Hall–Kier alpha value is -1.72. The van der Waals surface area contributed by atoms with Gasteiger partial charge < -0.3 is 10.2 Å². The lowest BCUT2D eigenvalue weighted by Gasteiger charge is -2.33. The Morgan fingerprint density at radius 1 is 1.24 bits per heavy atom. The van der Waals surface area contributed by atoms with Crippen molar-refractivity contribution in [2.75, 3.05) is 25.0 Å². The smallest absolute Gasteiger partial charge is 0.384 e. The molecule has 0 spiro atoms. The number of hydrogen-bond donors (Lipinski definition) is 1. The first-order valence-corrected chi connectivity index (χ1v) is 7.18. The van der Waals surface area contributed by atoms with Crippen LogP contribution in [0.3, 0.4) is 0 Å². The summed E-state index contributed by atoms with van der Waals surface area (Å²) in [6.07, 6.45) is -3.20. The molecule has 0 atom stereocenters. The molecule has 1 N–H and O–H groups in total. The van der Waals surface area contributed by atoms with Crippen molar-refractivity contribution in [2.45, 2.75) is 25.4 Å². The molecule has 3 rings (SSSR count). The Balaban J connectivity index is 1.67. The average molecular weight is 298 g/mol. The lowest BCUT2D eigenvalue weighted by atomic mass is 9.95. The van der Waals surface area contributed by atoms with E-state index in [4.69, 9.17) is 0 Å². The third kappa shape index (κ3) is 2.84. The molecule has 0 aromatic heterocycles. The number of carbonyl (C=O) groups excluding carboxylic acids is 1. The predicted molar refractivity (Wildman–Crippen MR) is 73.3 cm³/mol. The molecule has 114 valence electrons. The molecule has 1 saturated heterocycles. The Labute approximate surface area is 121 Å². The van der Waals surface area contributed by atoms with E-state index in [-0.39, 0.29) is 31.8 Å². The van der Waals surface area contributed by atoms with Crippen LogP contribution in [-0.2, 0) is 6.42 Å². The van der Waals surface area contributed by atoms with Gasteiger partial charge in [-0.25, -0.2) is 0 Å². The molecule has 0 aliphatic carbocycles. The summed E-state index contributed by atoms with van der Waals surface area (Å²) in [7, 11) is 0. The summed E-state index contributed by atoms with van der Waals surface area (Å²) >= 11 is 0. The molecule has 2 aliphatic heterocycles. The maximum absolute atomic E-state index is 12.6. The van der Waals surface area contributed by atoms with Crippen molar-refractivity contribution in [1.82, 2.24) is 4.90 Å². The molecular weight excluding hydrogens is 281 g/mol. The van der Waals surface area contributed by atoms with Gasteiger partial charge in [0.2, 0.25) is 0 Å². The normalized spacial score (nSPS) is 19.3. The Morgan fingerprint density at radius 3 is 2.62 bits per heavy atom. The van der Waals surface area contributed by atoms with Gasteiger partial charge in [0.25, 0.3) is 5.91 Å². The predicted octanol–water partition coefficient (Wildman–Crippen LogP) is 3.07. The van der Waals surface area contributed by atoms with Crippen LogP contribution in [0.2, 0.25) is 0 Å². The van der Waals surface area contributed by atoms with Crippen LogP contribution in [0.1, 0.15) is 28.8 Å². The fourth-order valence-electron chi connectivity index (χ4n) is 3.02. The third-order valence-electron chi connectivity index (χ3n) is 4.31. The van der Waals surface area contributed by atoms with Crippen LogP contribution in [-0.4, -0.2) is 36.6 Å². The number of likely N-dealkylation sites (tertiary alicyclic amines) is 1. The van der Waals surface area contributed by atoms with E-state index in [2.05, 4.69) is 5.32 Å². The summed E-state index contributed by atoms with van der Waals surface area (Å²) in [5, 5.41) is 3.21. The van der Waals surface area contributed by atoms with E-state index in [1.54, 1.807) is 12.1 Å². The number of nitrogens with one attached hydrogen (secondary N) is 1. The minimum absolute atomic E-state index is 0.00156. The van der Waals surface area contributed by atoms with Gasteiger partial charge in [0.1, 0.15) is 0 Å². The summed E-state index contributed by atoms with van der Waals surface area (Å²) in [6, 6.07) is 5.50. The largest absolute Gasteiger partial charge is 0.391 e. The van der Waals surface area contributed by atoms with Crippen molar-refractivity contribution in [2.24, 2.45) is 5.92 Å². The standard InChI is InChI=1S/C15H17F3N2O/c16-15(17,18)12-4-7-20(8-5-12)14(21)11-2-1-10-3-6-19-13(10)9-11/h1-2,9,12,19H,3-8H2. The molecule has 2 aliphatic rings. The molecule has 0 bridgehead atoms. The minimum atomic E-state index is -4.15. The highest BCUT2D eigenvalue weighted by Crippen LogP contribution is 2.34. The molecule has 6 heteroatoms. The fourth-order valence-corrected chi connectivity index (χ4v) is 3.02. The van der Waals surface area contributed by atoms with Gasteiger partial charge in [-0.1, -0.05) is 6.07 Å². The van der Waals surface area contributed by atoms with Crippen molar-refractivity contribution < 1.29 is 18.0 Å². The average Bonchev–Trinajstić information content (AvgIpc) is 2.93. The van der Waals surface area contributed by atoms with Gasteiger partial charge in [-0.2, -0.15) is 13.2 Å². The number of rotatable bonds is 1. The van der Waals surface area contributed by atoms with Crippen LogP contribution in [0.4, 0.5) is 18.9 Å². The molecule has 0 unspecified atom stereocenters. The van der Waals surface area contributed by atoms with E-state index in [0.717, 1.165) is 18.7 Å². The molecule has 1 amide bonds. The van der Waals surface area contributed by atoms with Crippen LogP contribution < -0.4 is 5.32 Å². The van der Waals surface area contributed by atoms with Crippen molar-refractivity contribution >= 4 is 11.6 Å². The first-order valence-electron chi connectivity index (χ1n) is 7.18. The van der Waals surface area contributed by atoms with Crippen molar-refractivity contribution in [1.29, 1.82) is 0 Å². The first-order chi connectivity index (χ1) is 9.95. The second kappa shape index (κ2) is 5.24. The summed E-state index contributed by atoms with van der Waals surface area (Å²) in [5.41, 5.74) is 2.70. The number of hydrogen-bond acceptors (Lipinski definition) is 2. The topological polar surface area (TPSA) is 32.3 Å². The maximum Gasteiger partial charge on any atom is 0.391 e. The van der Waals surface area contributed by atoms with Gasteiger partial charge >= 0.3 is 6.18 Å². The molecule has 1 aromatic rings. The lowest BCUT2D eigenvalue weighted by Crippen LogP contribution is -2.42. The van der Waals surface area contributed by atoms with Crippen molar-refractivity contribution in [3.63, 3.8) is 0 Å². The van der Waals surface area contributed by atoms with Crippen LogP contribution in [0.25, 0.3) is 0 Å². The Kier molecular flexibility index (Phi) is 3.55. The molecule has 3 nitrogen and oxygen atoms in total. The number of halogens is 3. The quantitative estimate of drug-likeness (QED) is 0.864. The van der Waals surface area contributed by atoms with Crippen LogP contribution in [0, 0.1) is 5.92 Å². The number of carbonyl (C=O) groups is 1. The highest BCUT2D eigenvalue weighted by Gasteiger charge is 2.41. The second-order valence-electron chi connectivity index (χ2n) is 5.66. The molecule has 0 saturated carbocycles. The van der Waals surface area contributed by atoms with Gasteiger partial charge in [-0.05, 0) is 37.0 Å². The van der Waals surface area contributed by atoms with Gasteiger partial charge in [0.05, 0.1) is 5.92 Å². The fraction of sp³-hybridized carbons (Fsp3) is 0.533. The highest BCUT2D eigenvalue weighted by molar-refractivity contribution is 5.95. The third-order valence-corrected chi connectivity index (χ3v) is 4.31. The van der Waals surface area contributed by atoms with Crippen LogP contribution in [0.15, 0.2) is 18.2 Å². The van der Waals surface area contributed by atoms with Crippen LogP contribution in [0.5, 0.6) is 0 Å². The number of benzene rings is 1. The van der Waals surface area contributed by atoms with Crippen molar-refractivity contribution in [3.05, 3.63) is 29.3 Å². The molecule has 2 heterocycles. The zero-order valence-electron chi connectivity index (χ0n) is 11.5. The first kappa shape index (κ1) is 14.2. The zero-order chi connectivity index (χ0) is 15.0. The van der Waals surface area contributed by atoms with Gasteiger partial charge in [0.15, 0.2) is 0 Å². The molecular formula is C15H17F3N2O.